The predicted molar refractivity (Wildman–Crippen MR) is 68.5 cm³/mol. The second-order valence-electron chi connectivity index (χ2n) is 3.74. The predicted octanol–water partition coefficient (Wildman–Crippen LogP) is 0.973. The van der Waals surface area contributed by atoms with Crippen molar-refractivity contribution in [3.05, 3.63) is 42.7 Å². The minimum absolute atomic E-state index is 0.291. The molecule has 7 heteroatoms. The summed E-state index contributed by atoms with van der Waals surface area (Å²) in [6.07, 6.45) is 3.22. The van der Waals surface area contributed by atoms with Gasteiger partial charge in [0, 0.05) is 23.6 Å². The first-order valence-corrected chi connectivity index (χ1v) is 5.53. The summed E-state index contributed by atoms with van der Waals surface area (Å²) in [5.41, 5.74) is 7.10. The molecule has 92 valence electrons. The lowest BCUT2D eigenvalue weighted by molar-refractivity contribution is 0.862. The average Bonchev–Trinajstić information content (AvgIpc) is 2.49. The van der Waals surface area contributed by atoms with E-state index in [2.05, 4.69) is 30.4 Å². The fraction of sp³-hybridized carbons (Fsp3) is 0. The number of rotatable bonds is 2. The minimum atomic E-state index is 0.291. The monoisotopic (exact) mass is 251 g/mol. The summed E-state index contributed by atoms with van der Waals surface area (Å²) in [5, 5.41) is 16.0. The van der Waals surface area contributed by atoms with Gasteiger partial charge in [0.15, 0.2) is 0 Å². The van der Waals surface area contributed by atoms with Crippen molar-refractivity contribution in [2.45, 2.75) is 0 Å². The highest BCUT2D eigenvalue weighted by Crippen LogP contribution is 2.15. The van der Waals surface area contributed by atoms with Crippen LogP contribution in [0.15, 0.2) is 42.7 Å². The van der Waals surface area contributed by atoms with Gasteiger partial charge < -0.3 is 5.73 Å². The van der Waals surface area contributed by atoms with E-state index >= 15 is 0 Å². The molecule has 2 N–H and O–H groups in total. The Labute approximate surface area is 108 Å². The fourth-order valence-electron chi connectivity index (χ4n) is 1.48. The van der Waals surface area contributed by atoms with Crippen molar-refractivity contribution in [2.75, 3.05) is 5.73 Å². The molecule has 0 aliphatic rings. The van der Waals surface area contributed by atoms with Crippen LogP contribution < -0.4 is 5.73 Å². The number of benzene rings is 1. The Balaban J connectivity index is 1.93. The van der Waals surface area contributed by atoms with E-state index in [0.29, 0.717) is 23.2 Å². The maximum atomic E-state index is 5.62. The van der Waals surface area contributed by atoms with Crippen LogP contribution in [-0.2, 0) is 0 Å². The van der Waals surface area contributed by atoms with Crippen molar-refractivity contribution in [2.24, 2.45) is 0 Å². The summed E-state index contributed by atoms with van der Waals surface area (Å²) in [6, 6.07) is 8.88. The number of aromatic nitrogens is 6. The first kappa shape index (κ1) is 11.1. The van der Waals surface area contributed by atoms with Gasteiger partial charge in [-0.15, -0.1) is 20.4 Å². The highest BCUT2D eigenvalue weighted by Gasteiger charge is 2.07. The molecule has 0 unspecified atom stereocenters. The third-order valence-electron chi connectivity index (χ3n) is 2.41. The molecule has 0 saturated carbocycles. The third-order valence-corrected chi connectivity index (χ3v) is 2.41. The van der Waals surface area contributed by atoms with Crippen molar-refractivity contribution < 1.29 is 0 Å². The third kappa shape index (κ3) is 2.34. The molecule has 0 fully saturated rings. The highest BCUT2D eigenvalue weighted by molar-refractivity contribution is 5.58. The molecule has 2 heterocycles. The standard InChI is InChI=1S/C12H9N7/c13-9-4-2-8(3-5-9)10-16-18-12(19-17-10)11-14-6-1-7-15-11/h1-7H,13H2. The Morgan fingerprint density at radius 3 is 1.89 bits per heavy atom. The lowest BCUT2D eigenvalue weighted by Crippen LogP contribution is -2.01. The molecular formula is C12H9N7. The molecule has 3 aromatic rings. The summed E-state index contributed by atoms with van der Waals surface area (Å²) < 4.78 is 0. The average molecular weight is 251 g/mol. The maximum absolute atomic E-state index is 5.62. The Morgan fingerprint density at radius 2 is 1.26 bits per heavy atom. The van der Waals surface area contributed by atoms with Gasteiger partial charge >= 0.3 is 0 Å². The van der Waals surface area contributed by atoms with Gasteiger partial charge in [-0.05, 0) is 30.3 Å². The first-order chi connectivity index (χ1) is 9.33. The van der Waals surface area contributed by atoms with Crippen LogP contribution in [0.1, 0.15) is 0 Å². The second kappa shape index (κ2) is 4.73. The van der Waals surface area contributed by atoms with Crippen LogP contribution in [-0.4, -0.2) is 30.4 Å². The summed E-state index contributed by atoms with van der Waals surface area (Å²) in [7, 11) is 0. The SMILES string of the molecule is Nc1ccc(-c2nnc(-c3ncccn3)nn2)cc1. The fourth-order valence-corrected chi connectivity index (χ4v) is 1.48. The van der Waals surface area contributed by atoms with Crippen molar-refractivity contribution >= 4 is 5.69 Å². The van der Waals surface area contributed by atoms with Crippen molar-refractivity contribution in [3.8, 4) is 23.0 Å². The van der Waals surface area contributed by atoms with E-state index < -0.39 is 0 Å². The van der Waals surface area contributed by atoms with Gasteiger partial charge in [0.2, 0.25) is 17.5 Å². The van der Waals surface area contributed by atoms with Crippen molar-refractivity contribution in [1.29, 1.82) is 0 Å². The van der Waals surface area contributed by atoms with Crippen LogP contribution in [0.2, 0.25) is 0 Å². The van der Waals surface area contributed by atoms with E-state index in [0.717, 1.165) is 5.56 Å². The smallest absolute Gasteiger partial charge is 0.240 e. The quantitative estimate of drug-likeness (QED) is 0.677. The zero-order chi connectivity index (χ0) is 13.1. The van der Waals surface area contributed by atoms with Gasteiger partial charge in [-0.2, -0.15) is 0 Å². The summed E-state index contributed by atoms with van der Waals surface area (Å²) in [5.74, 6) is 1.12. The molecule has 7 nitrogen and oxygen atoms in total. The van der Waals surface area contributed by atoms with Gasteiger partial charge in [-0.25, -0.2) is 9.97 Å². The number of anilines is 1. The van der Waals surface area contributed by atoms with Crippen LogP contribution >= 0.6 is 0 Å². The van der Waals surface area contributed by atoms with Gasteiger partial charge in [0.05, 0.1) is 0 Å². The summed E-state index contributed by atoms with van der Waals surface area (Å²) in [6.45, 7) is 0. The number of nitrogens with two attached hydrogens (primary N) is 1. The molecule has 3 rings (SSSR count). The maximum Gasteiger partial charge on any atom is 0.240 e. The van der Waals surface area contributed by atoms with Gasteiger partial charge in [0.1, 0.15) is 0 Å². The van der Waals surface area contributed by atoms with E-state index in [1.807, 2.05) is 12.1 Å². The number of nitrogen functional groups attached to an aromatic ring is 1. The molecule has 0 aliphatic heterocycles. The first-order valence-electron chi connectivity index (χ1n) is 5.53. The van der Waals surface area contributed by atoms with Gasteiger partial charge in [0.25, 0.3) is 0 Å². The van der Waals surface area contributed by atoms with Crippen LogP contribution in [0.4, 0.5) is 5.69 Å². The molecule has 1 aromatic carbocycles. The zero-order valence-electron chi connectivity index (χ0n) is 9.80. The molecule has 0 atom stereocenters. The Hall–Kier alpha value is -2.96. The van der Waals surface area contributed by atoms with Crippen molar-refractivity contribution in [3.63, 3.8) is 0 Å². The van der Waals surface area contributed by atoms with Crippen LogP contribution in [0.5, 0.6) is 0 Å². The molecule has 0 amide bonds. The Morgan fingerprint density at radius 1 is 0.684 bits per heavy atom. The molecule has 0 bridgehead atoms. The Bertz CT molecular complexity index is 665. The molecule has 2 aromatic heterocycles. The van der Waals surface area contributed by atoms with Gasteiger partial charge in [-0.1, -0.05) is 0 Å². The van der Waals surface area contributed by atoms with E-state index in [4.69, 9.17) is 5.73 Å². The Kier molecular flexibility index (Phi) is 2.77. The summed E-state index contributed by atoms with van der Waals surface area (Å²) in [4.78, 5) is 8.06. The topological polar surface area (TPSA) is 103 Å². The summed E-state index contributed by atoms with van der Waals surface area (Å²) >= 11 is 0. The number of hydrogen-bond acceptors (Lipinski definition) is 7. The molecule has 0 aliphatic carbocycles. The largest absolute Gasteiger partial charge is 0.399 e. The molecule has 0 saturated heterocycles. The molecule has 0 spiro atoms. The number of hydrogen-bond donors (Lipinski definition) is 1. The normalized spacial score (nSPS) is 10.3. The highest BCUT2D eigenvalue weighted by atomic mass is 15.3. The lowest BCUT2D eigenvalue weighted by Gasteiger charge is -2.00. The van der Waals surface area contributed by atoms with Crippen LogP contribution in [0.25, 0.3) is 23.0 Å². The lowest BCUT2D eigenvalue weighted by atomic mass is 10.2. The number of nitrogens with zero attached hydrogens (tertiary/aromatic N) is 6. The molecular weight excluding hydrogens is 242 g/mol. The van der Waals surface area contributed by atoms with E-state index in [1.54, 1.807) is 30.6 Å². The molecule has 19 heavy (non-hydrogen) atoms. The van der Waals surface area contributed by atoms with Crippen LogP contribution in [0, 0.1) is 0 Å². The van der Waals surface area contributed by atoms with Gasteiger partial charge in [-0.3, -0.25) is 0 Å². The minimum Gasteiger partial charge on any atom is -0.399 e. The molecule has 0 radical (unpaired) electrons. The van der Waals surface area contributed by atoms with Crippen molar-refractivity contribution in [1.82, 2.24) is 30.4 Å². The van der Waals surface area contributed by atoms with E-state index in [1.165, 1.54) is 0 Å². The van der Waals surface area contributed by atoms with E-state index in [9.17, 15) is 0 Å². The van der Waals surface area contributed by atoms with E-state index in [-0.39, 0.29) is 0 Å². The second-order valence-corrected chi connectivity index (χ2v) is 3.74. The van der Waals surface area contributed by atoms with Crippen LogP contribution in [0.3, 0.4) is 0 Å². The zero-order valence-corrected chi connectivity index (χ0v) is 9.80.